The minimum absolute atomic E-state index is 0.177. The second-order valence-electron chi connectivity index (χ2n) is 5.97. The van der Waals surface area contributed by atoms with Gasteiger partial charge in [0.05, 0.1) is 23.8 Å². The van der Waals surface area contributed by atoms with Gasteiger partial charge in [0.15, 0.2) is 17.6 Å². The van der Waals surface area contributed by atoms with E-state index in [1.807, 2.05) is 19.9 Å². The molecule has 0 spiro atoms. The number of amides is 1. The molecule has 0 aromatic heterocycles. The molecule has 0 saturated carbocycles. The monoisotopic (exact) mass is 405 g/mol. The average Bonchev–Trinajstić information content (AvgIpc) is 2.68. The summed E-state index contributed by atoms with van der Waals surface area (Å²) in [7, 11) is 0. The van der Waals surface area contributed by atoms with Gasteiger partial charge in [-0.05, 0) is 44.5 Å². The molecule has 0 heterocycles. The number of esters is 1. The van der Waals surface area contributed by atoms with Crippen molar-refractivity contribution in [1.29, 1.82) is 0 Å². The summed E-state index contributed by atoms with van der Waals surface area (Å²) < 4.78 is 16.4. The van der Waals surface area contributed by atoms with Crippen LogP contribution in [-0.4, -0.2) is 31.2 Å². The van der Waals surface area contributed by atoms with Gasteiger partial charge < -0.3 is 19.5 Å². The molecule has 1 amide bonds. The summed E-state index contributed by atoms with van der Waals surface area (Å²) in [6, 6.07) is 11.9. The number of halogens is 1. The maximum Gasteiger partial charge on any atom is 0.339 e. The van der Waals surface area contributed by atoms with Crippen molar-refractivity contribution in [2.24, 2.45) is 0 Å². The highest BCUT2D eigenvalue weighted by Gasteiger charge is 2.22. The van der Waals surface area contributed by atoms with Crippen molar-refractivity contribution >= 4 is 29.2 Å². The molecule has 1 atom stereocenters. The van der Waals surface area contributed by atoms with Crippen LogP contribution in [0.2, 0.25) is 5.02 Å². The summed E-state index contributed by atoms with van der Waals surface area (Å²) in [5.41, 5.74) is 0.797. The second kappa shape index (κ2) is 10.6. The Morgan fingerprint density at radius 3 is 2.46 bits per heavy atom. The van der Waals surface area contributed by atoms with Gasteiger partial charge in [-0.2, -0.15) is 0 Å². The van der Waals surface area contributed by atoms with E-state index in [-0.39, 0.29) is 10.6 Å². The van der Waals surface area contributed by atoms with Crippen LogP contribution >= 0.6 is 11.6 Å². The number of anilines is 1. The van der Waals surface area contributed by atoms with E-state index in [0.29, 0.717) is 30.4 Å². The van der Waals surface area contributed by atoms with Crippen LogP contribution in [0.4, 0.5) is 5.69 Å². The van der Waals surface area contributed by atoms with Crippen LogP contribution in [0, 0.1) is 0 Å². The van der Waals surface area contributed by atoms with Crippen LogP contribution < -0.4 is 14.8 Å². The average molecular weight is 406 g/mol. The van der Waals surface area contributed by atoms with Crippen molar-refractivity contribution in [2.45, 2.75) is 33.3 Å². The summed E-state index contributed by atoms with van der Waals surface area (Å²) in [6.45, 7) is 6.15. The molecule has 2 rings (SSSR count). The predicted octanol–water partition coefficient (Wildman–Crippen LogP) is 4.71. The Labute approximate surface area is 169 Å². The topological polar surface area (TPSA) is 73.9 Å². The van der Waals surface area contributed by atoms with Crippen LogP contribution in [0.1, 0.15) is 37.6 Å². The maximum atomic E-state index is 12.5. The Morgan fingerprint density at radius 1 is 1.11 bits per heavy atom. The molecule has 1 N–H and O–H groups in total. The Balaban J connectivity index is 2.11. The van der Waals surface area contributed by atoms with Crippen molar-refractivity contribution in [3.63, 3.8) is 0 Å². The Hall–Kier alpha value is -2.73. The van der Waals surface area contributed by atoms with E-state index in [9.17, 15) is 9.59 Å². The first-order valence-corrected chi connectivity index (χ1v) is 9.50. The van der Waals surface area contributed by atoms with Crippen molar-refractivity contribution in [3.8, 4) is 11.5 Å². The van der Waals surface area contributed by atoms with Gasteiger partial charge in [0.2, 0.25) is 0 Å². The molecule has 0 unspecified atom stereocenters. The summed E-state index contributed by atoms with van der Waals surface area (Å²) in [6.07, 6.45) is -0.183. The number of carbonyl (C=O) groups excluding carboxylic acids is 2. The van der Waals surface area contributed by atoms with Crippen LogP contribution in [0.15, 0.2) is 42.5 Å². The van der Waals surface area contributed by atoms with Gasteiger partial charge in [-0.1, -0.05) is 36.7 Å². The molecule has 0 bridgehead atoms. The van der Waals surface area contributed by atoms with Crippen molar-refractivity contribution in [3.05, 3.63) is 53.1 Å². The SMILES string of the molecule is CCCOc1c(Cl)cc(C(=O)O[C@@H](C)C(=O)Nc2ccccc2)cc1OCC. The minimum atomic E-state index is -0.988. The van der Waals surface area contributed by atoms with Crippen LogP contribution in [0.3, 0.4) is 0 Å². The minimum Gasteiger partial charge on any atom is -0.490 e. The van der Waals surface area contributed by atoms with E-state index in [0.717, 1.165) is 6.42 Å². The number of ether oxygens (including phenoxy) is 3. The zero-order valence-corrected chi connectivity index (χ0v) is 16.9. The van der Waals surface area contributed by atoms with Gasteiger partial charge in [0.25, 0.3) is 5.91 Å². The zero-order valence-electron chi connectivity index (χ0n) is 16.2. The number of carbonyl (C=O) groups is 2. The highest BCUT2D eigenvalue weighted by molar-refractivity contribution is 6.32. The van der Waals surface area contributed by atoms with Crippen LogP contribution in [0.5, 0.6) is 11.5 Å². The summed E-state index contributed by atoms with van der Waals surface area (Å²) in [5.74, 6) is -0.368. The molecule has 0 aliphatic heterocycles. The first-order chi connectivity index (χ1) is 13.5. The number of hydrogen-bond acceptors (Lipinski definition) is 5. The molecular weight excluding hydrogens is 382 g/mol. The highest BCUT2D eigenvalue weighted by atomic mass is 35.5. The first-order valence-electron chi connectivity index (χ1n) is 9.12. The van der Waals surface area contributed by atoms with Gasteiger partial charge >= 0.3 is 5.97 Å². The maximum absolute atomic E-state index is 12.5. The summed E-state index contributed by atoms with van der Waals surface area (Å²) in [4.78, 5) is 24.7. The lowest BCUT2D eigenvalue weighted by molar-refractivity contribution is -0.123. The quantitative estimate of drug-likeness (QED) is 0.611. The molecule has 150 valence electrons. The van der Waals surface area contributed by atoms with E-state index >= 15 is 0 Å². The van der Waals surface area contributed by atoms with E-state index < -0.39 is 18.0 Å². The van der Waals surface area contributed by atoms with Gasteiger partial charge in [-0.3, -0.25) is 4.79 Å². The molecular formula is C21H24ClNO5. The standard InChI is InChI=1S/C21H24ClNO5/c1-4-11-27-19-17(22)12-15(13-18(19)26-5-2)21(25)28-14(3)20(24)23-16-9-7-6-8-10-16/h6-10,12-14H,4-5,11H2,1-3H3,(H,23,24)/t14-/m0/s1. The summed E-state index contributed by atoms with van der Waals surface area (Å²) >= 11 is 6.26. The Bertz CT molecular complexity index is 810. The Morgan fingerprint density at radius 2 is 1.82 bits per heavy atom. The van der Waals surface area contributed by atoms with E-state index in [4.69, 9.17) is 25.8 Å². The molecule has 0 aliphatic carbocycles. The lowest BCUT2D eigenvalue weighted by Gasteiger charge is -2.16. The number of hydrogen-bond donors (Lipinski definition) is 1. The molecule has 7 heteroatoms. The molecule has 0 aliphatic rings. The van der Waals surface area contributed by atoms with E-state index in [1.54, 1.807) is 24.3 Å². The van der Waals surface area contributed by atoms with Gasteiger partial charge in [-0.15, -0.1) is 0 Å². The predicted molar refractivity (Wildman–Crippen MR) is 108 cm³/mol. The fraction of sp³-hybridized carbons (Fsp3) is 0.333. The van der Waals surface area contributed by atoms with Crippen molar-refractivity contribution in [2.75, 3.05) is 18.5 Å². The number of rotatable bonds is 9. The molecule has 0 fully saturated rings. The van der Waals surface area contributed by atoms with Crippen molar-refractivity contribution in [1.82, 2.24) is 0 Å². The smallest absolute Gasteiger partial charge is 0.339 e. The van der Waals surface area contributed by atoms with Crippen LogP contribution in [-0.2, 0) is 9.53 Å². The van der Waals surface area contributed by atoms with Crippen molar-refractivity contribution < 1.29 is 23.8 Å². The fourth-order valence-electron chi connectivity index (χ4n) is 2.34. The van der Waals surface area contributed by atoms with E-state index in [1.165, 1.54) is 19.1 Å². The molecule has 0 saturated heterocycles. The lowest BCUT2D eigenvalue weighted by Crippen LogP contribution is -2.30. The molecule has 0 radical (unpaired) electrons. The number of para-hydroxylation sites is 1. The van der Waals surface area contributed by atoms with Gasteiger partial charge in [-0.25, -0.2) is 4.79 Å². The third kappa shape index (κ3) is 5.89. The largest absolute Gasteiger partial charge is 0.490 e. The third-order valence-corrected chi connectivity index (χ3v) is 3.97. The highest BCUT2D eigenvalue weighted by Crippen LogP contribution is 2.37. The molecule has 2 aromatic rings. The second-order valence-corrected chi connectivity index (χ2v) is 6.38. The molecule has 6 nitrogen and oxygen atoms in total. The number of nitrogens with one attached hydrogen (secondary N) is 1. The van der Waals surface area contributed by atoms with Gasteiger partial charge in [0.1, 0.15) is 0 Å². The molecule has 2 aromatic carbocycles. The number of benzene rings is 2. The Kier molecular flexibility index (Phi) is 8.14. The fourth-order valence-corrected chi connectivity index (χ4v) is 2.61. The normalized spacial score (nSPS) is 11.4. The lowest BCUT2D eigenvalue weighted by atomic mass is 10.2. The molecule has 28 heavy (non-hydrogen) atoms. The van der Waals surface area contributed by atoms with Gasteiger partial charge in [0, 0.05) is 5.69 Å². The zero-order chi connectivity index (χ0) is 20.5. The van der Waals surface area contributed by atoms with E-state index in [2.05, 4.69) is 5.32 Å². The van der Waals surface area contributed by atoms with Crippen LogP contribution in [0.25, 0.3) is 0 Å². The third-order valence-electron chi connectivity index (χ3n) is 3.69. The first kappa shape index (κ1) is 21.6. The summed E-state index contributed by atoms with van der Waals surface area (Å²) in [5, 5.41) is 2.93.